The number of benzene rings is 2. The summed E-state index contributed by atoms with van der Waals surface area (Å²) in [6.07, 6.45) is 0.316. The van der Waals surface area contributed by atoms with Gasteiger partial charge in [0, 0.05) is 22.9 Å². The minimum Gasteiger partial charge on any atom is -0.422 e. The number of hydrogen-bond acceptors (Lipinski definition) is 4. The summed E-state index contributed by atoms with van der Waals surface area (Å²) in [4.78, 5) is 16.9. The quantitative estimate of drug-likeness (QED) is 0.559. The molecule has 0 fully saturated rings. The largest absolute Gasteiger partial charge is 0.422 e. The summed E-state index contributed by atoms with van der Waals surface area (Å²) >= 11 is 6.41. The van der Waals surface area contributed by atoms with Crippen molar-refractivity contribution < 1.29 is 9.21 Å². The second kappa shape index (κ2) is 5.96. The molecule has 5 rings (SSSR count). The van der Waals surface area contributed by atoms with Crippen LogP contribution in [0.1, 0.15) is 29.2 Å². The zero-order valence-electron chi connectivity index (χ0n) is 14.4. The van der Waals surface area contributed by atoms with Gasteiger partial charge in [-0.05, 0) is 30.7 Å². The Hall–Kier alpha value is -3.12. The van der Waals surface area contributed by atoms with Crippen molar-refractivity contribution in [3.05, 3.63) is 70.4 Å². The number of anilines is 1. The highest BCUT2D eigenvalue weighted by Gasteiger charge is 2.34. The molecule has 1 unspecified atom stereocenters. The fourth-order valence-corrected chi connectivity index (χ4v) is 3.93. The zero-order chi connectivity index (χ0) is 18.5. The van der Waals surface area contributed by atoms with Gasteiger partial charge in [0.05, 0.1) is 5.69 Å². The molecule has 0 radical (unpaired) electrons. The Morgan fingerprint density at radius 2 is 1.96 bits per heavy atom. The van der Waals surface area contributed by atoms with Gasteiger partial charge in [0.1, 0.15) is 11.3 Å². The van der Waals surface area contributed by atoms with Gasteiger partial charge >= 0.3 is 6.01 Å². The molecule has 0 saturated carbocycles. The summed E-state index contributed by atoms with van der Waals surface area (Å²) in [7, 11) is 0. The van der Waals surface area contributed by atoms with Crippen molar-refractivity contribution in [1.82, 2.24) is 14.8 Å². The minimum absolute atomic E-state index is 0.0929. The number of fused-ring (bicyclic) bond motifs is 2. The number of nitrogens with zero attached hydrogens (tertiary/aromatic N) is 3. The van der Waals surface area contributed by atoms with E-state index in [2.05, 4.69) is 15.4 Å². The molecule has 2 aromatic heterocycles. The monoisotopic (exact) mass is 378 g/mol. The number of carbonyl (C=O) groups excluding carboxylic acids is 1. The summed E-state index contributed by atoms with van der Waals surface area (Å²) < 4.78 is 7.41. The third-order valence-corrected chi connectivity index (χ3v) is 5.19. The fourth-order valence-electron chi connectivity index (χ4n) is 3.66. The van der Waals surface area contributed by atoms with Crippen LogP contribution < -0.4 is 5.32 Å². The summed E-state index contributed by atoms with van der Waals surface area (Å²) in [5.74, 6) is 0.325. The van der Waals surface area contributed by atoms with Gasteiger partial charge in [-0.3, -0.25) is 4.79 Å². The van der Waals surface area contributed by atoms with Crippen molar-refractivity contribution in [2.75, 3.05) is 5.32 Å². The molecule has 1 amide bonds. The second-order valence-electron chi connectivity index (χ2n) is 6.55. The minimum atomic E-state index is -0.166. The lowest BCUT2D eigenvalue weighted by molar-refractivity contribution is -0.116. The van der Waals surface area contributed by atoms with E-state index in [1.165, 1.54) is 0 Å². The number of para-hydroxylation sites is 2. The van der Waals surface area contributed by atoms with Gasteiger partial charge in [-0.1, -0.05) is 41.9 Å². The highest BCUT2D eigenvalue weighted by Crippen LogP contribution is 2.42. The van der Waals surface area contributed by atoms with Crippen LogP contribution in [0, 0.1) is 6.92 Å². The molecule has 0 saturated heterocycles. The molecule has 4 aromatic rings. The SMILES string of the molecule is Cc1nn(-c2nc3ccccc3o2)c2c1C(c1ccccc1Cl)CC(=O)N2. The molecule has 134 valence electrons. The number of nitrogens with one attached hydrogen (secondary N) is 1. The van der Waals surface area contributed by atoms with Crippen molar-refractivity contribution >= 4 is 34.4 Å². The van der Waals surface area contributed by atoms with Gasteiger partial charge in [0.2, 0.25) is 5.91 Å². The van der Waals surface area contributed by atoms with Crippen LogP contribution in [-0.4, -0.2) is 20.7 Å². The van der Waals surface area contributed by atoms with Gasteiger partial charge in [-0.2, -0.15) is 14.8 Å². The van der Waals surface area contributed by atoms with Crippen LogP contribution in [0.25, 0.3) is 17.1 Å². The molecule has 1 aliphatic heterocycles. The van der Waals surface area contributed by atoms with E-state index < -0.39 is 0 Å². The molecule has 1 N–H and O–H groups in total. The first-order valence-corrected chi connectivity index (χ1v) is 8.99. The Bertz CT molecular complexity index is 1160. The van der Waals surface area contributed by atoms with Crippen molar-refractivity contribution in [1.29, 1.82) is 0 Å². The van der Waals surface area contributed by atoms with Crippen molar-refractivity contribution in [3.63, 3.8) is 0 Å². The lowest BCUT2D eigenvalue weighted by Crippen LogP contribution is -2.25. The maximum absolute atomic E-state index is 12.4. The molecule has 7 heteroatoms. The predicted molar refractivity (Wildman–Crippen MR) is 102 cm³/mol. The first-order valence-electron chi connectivity index (χ1n) is 8.61. The highest BCUT2D eigenvalue weighted by atomic mass is 35.5. The Kier molecular flexibility index (Phi) is 3.55. The summed E-state index contributed by atoms with van der Waals surface area (Å²) in [6, 6.07) is 15.4. The Morgan fingerprint density at radius 1 is 1.19 bits per heavy atom. The number of hydrogen-bond donors (Lipinski definition) is 1. The van der Waals surface area contributed by atoms with E-state index in [1.54, 1.807) is 4.68 Å². The third kappa shape index (κ3) is 2.52. The molecule has 6 nitrogen and oxygen atoms in total. The normalized spacial score (nSPS) is 16.4. The third-order valence-electron chi connectivity index (χ3n) is 4.85. The molecule has 1 aliphatic rings. The van der Waals surface area contributed by atoms with Gasteiger partial charge in [0.15, 0.2) is 5.58 Å². The highest BCUT2D eigenvalue weighted by molar-refractivity contribution is 6.31. The fraction of sp³-hybridized carbons (Fsp3) is 0.150. The van der Waals surface area contributed by atoms with Crippen LogP contribution in [0.3, 0.4) is 0 Å². The van der Waals surface area contributed by atoms with Crippen molar-refractivity contribution in [2.24, 2.45) is 0 Å². The lowest BCUT2D eigenvalue weighted by atomic mass is 9.86. The molecule has 1 atom stereocenters. The molecule has 27 heavy (non-hydrogen) atoms. The van der Waals surface area contributed by atoms with Gasteiger partial charge in [-0.15, -0.1) is 0 Å². The van der Waals surface area contributed by atoms with E-state index in [4.69, 9.17) is 16.0 Å². The molecule has 0 bridgehead atoms. The van der Waals surface area contributed by atoms with E-state index in [0.29, 0.717) is 28.9 Å². The van der Waals surface area contributed by atoms with E-state index in [1.807, 2.05) is 55.5 Å². The molecule has 2 aromatic carbocycles. The van der Waals surface area contributed by atoms with Crippen LogP contribution in [0.2, 0.25) is 5.02 Å². The molecular formula is C20H15ClN4O2. The summed E-state index contributed by atoms with van der Waals surface area (Å²) in [6.45, 7) is 1.92. The first kappa shape index (κ1) is 16.1. The van der Waals surface area contributed by atoms with Crippen LogP contribution in [-0.2, 0) is 4.79 Å². The van der Waals surface area contributed by atoms with Crippen LogP contribution in [0.4, 0.5) is 5.82 Å². The number of amides is 1. The number of aryl methyl sites for hydroxylation is 1. The van der Waals surface area contributed by atoms with Gasteiger partial charge < -0.3 is 9.73 Å². The standard InChI is InChI=1S/C20H15ClN4O2/c1-11-18-13(12-6-2-3-7-14(12)21)10-17(26)23-19(18)25(24-11)20-22-15-8-4-5-9-16(15)27-20/h2-9,13H,10H2,1H3,(H,23,26). The summed E-state index contributed by atoms with van der Waals surface area (Å²) in [5.41, 5.74) is 4.05. The average Bonchev–Trinajstić information content (AvgIpc) is 3.22. The van der Waals surface area contributed by atoms with E-state index >= 15 is 0 Å². The first-order chi connectivity index (χ1) is 13.1. The van der Waals surface area contributed by atoms with Crippen molar-refractivity contribution in [2.45, 2.75) is 19.3 Å². The van der Waals surface area contributed by atoms with E-state index in [9.17, 15) is 4.79 Å². The van der Waals surface area contributed by atoms with Crippen molar-refractivity contribution in [3.8, 4) is 6.01 Å². The smallest absolute Gasteiger partial charge is 0.325 e. The van der Waals surface area contributed by atoms with E-state index in [-0.39, 0.29) is 11.8 Å². The lowest BCUT2D eigenvalue weighted by Gasteiger charge is -2.24. The molecular weight excluding hydrogens is 364 g/mol. The number of aromatic nitrogens is 3. The number of oxazole rings is 1. The van der Waals surface area contributed by atoms with Crippen LogP contribution in [0.5, 0.6) is 0 Å². The number of carbonyl (C=O) groups is 1. The zero-order valence-corrected chi connectivity index (χ0v) is 15.2. The second-order valence-corrected chi connectivity index (χ2v) is 6.96. The Labute approximate surface area is 159 Å². The molecule has 3 heterocycles. The van der Waals surface area contributed by atoms with Crippen LogP contribution in [0.15, 0.2) is 52.9 Å². The Balaban J connectivity index is 1.70. The predicted octanol–water partition coefficient (Wildman–Crippen LogP) is 4.45. The van der Waals surface area contributed by atoms with Gasteiger partial charge in [-0.25, -0.2) is 0 Å². The topological polar surface area (TPSA) is 73.0 Å². The van der Waals surface area contributed by atoms with E-state index in [0.717, 1.165) is 22.3 Å². The average molecular weight is 379 g/mol. The number of rotatable bonds is 2. The van der Waals surface area contributed by atoms with Crippen LogP contribution >= 0.6 is 11.6 Å². The summed E-state index contributed by atoms with van der Waals surface area (Å²) in [5, 5.41) is 8.17. The molecule has 0 aliphatic carbocycles. The maximum Gasteiger partial charge on any atom is 0.325 e. The maximum atomic E-state index is 12.4. The Morgan fingerprint density at radius 3 is 2.78 bits per heavy atom. The molecule has 0 spiro atoms. The van der Waals surface area contributed by atoms with Gasteiger partial charge in [0.25, 0.3) is 0 Å². The number of halogens is 1.